The summed E-state index contributed by atoms with van der Waals surface area (Å²) in [5, 5.41) is 0. The standard InChI is InChI=1S/C16H36N2O2Si/c1-6-17-12-13-18(7-2)15(17)11-10-14-21-16(5,19-8-3)20-9-4/h15H,6-14,21H2,1-5H3. The molecule has 0 amide bonds. The third-order valence-corrected chi connectivity index (χ3v) is 6.74. The van der Waals surface area contributed by atoms with Crippen LogP contribution < -0.4 is 0 Å². The van der Waals surface area contributed by atoms with Gasteiger partial charge >= 0.3 is 0 Å². The summed E-state index contributed by atoms with van der Waals surface area (Å²) in [5.41, 5.74) is -0.256. The first-order chi connectivity index (χ1) is 10.1. The van der Waals surface area contributed by atoms with Gasteiger partial charge in [0, 0.05) is 26.3 Å². The van der Waals surface area contributed by atoms with Crippen molar-refractivity contribution in [2.75, 3.05) is 39.4 Å². The van der Waals surface area contributed by atoms with E-state index in [1.54, 1.807) is 0 Å². The van der Waals surface area contributed by atoms with Crippen LogP contribution in [-0.2, 0) is 9.47 Å². The van der Waals surface area contributed by atoms with Crippen LogP contribution in [0.15, 0.2) is 0 Å². The fraction of sp³-hybridized carbons (Fsp3) is 1.00. The van der Waals surface area contributed by atoms with Gasteiger partial charge in [0.2, 0.25) is 0 Å². The quantitative estimate of drug-likeness (QED) is 0.331. The molecule has 1 aliphatic heterocycles. The van der Waals surface area contributed by atoms with E-state index in [4.69, 9.17) is 9.47 Å². The molecule has 1 heterocycles. The smallest absolute Gasteiger partial charge is 0.142 e. The van der Waals surface area contributed by atoms with Gasteiger partial charge in [-0.05, 0) is 40.3 Å². The van der Waals surface area contributed by atoms with E-state index in [2.05, 4.69) is 44.4 Å². The summed E-state index contributed by atoms with van der Waals surface area (Å²) in [7, 11) is -0.359. The van der Waals surface area contributed by atoms with E-state index >= 15 is 0 Å². The van der Waals surface area contributed by atoms with Crippen LogP contribution >= 0.6 is 0 Å². The second-order valence-corrected chi connectivity index (χ2v) is 8.47. The Bertz CT molecular complexity index is 261. The van der Waals surface area contributed by atoms with Crippen LogP contribution in [0.1, 0.15) is 47.5 Å². The molecule has 1 aliphatic rings. The average molecular weight is 317 g/mol. The van der Waals surface area contributed by atoms with Crippen molar-refractivity contribution in [3.63, 3.8) is 0 Å². The predicted octanol–water partition coefficient (Wildman–Crippen LogP) is 2.08. The highest BCUT2D eigenvalue weighted by atomic mass is 28.2. The summed E-state index contributed by atoms with van der Waals surface area (Å²) in [6.45, 7) is 17.1. The molecule has 0 aromatic heterocycles. The molecule has 0 atom stereocenters. The molecule has 0 saturated carbocycles. The lowest BCUT2D eigenvalue weighted by atomic mass is 10.2. The van der Waals surface area contributed by atoms with E-state index in [-0.39, 0.29) is 14.9 Å². The van der Waals surface area contributed by atoms with E-state index in [9.17, 15) is 0 Å². The van der Waals surface area contributed by atoms with Gasteiger partial charge in [0.15, 0.2) is 0 Å². The van der Waals surface area contributed by atoms with Gasteiger partial charge in [-0.2, -0.15) is 0 Å². The number of hydrogen-bond donors (Lipinski definition) is 0. The largest absolute Gasteiger partial charge is 0.355 e. The number of likely N-dealkylation sites (N-methyl/N-ethyl adjacent to an activating group) is 2. The summed E-state index contributed by atoms with van der Waals surface area (Å²) in [4.78, 5) is 5.24. The minimum absolute atomic E-state index is 0.256. The fourth-order valence-electron chi connectivity index (χ4n) is 3.46. The predicted molar refractivity (Wildman–Crippen MR) is 92.5 cm³/mol. The number of hydrogen-bond acceptors (Lipinski definition) is 4. The molecule has 1 saturated heterocycles. The molecular weight excluding hydrogens is 280 g/mol. The van der Waals surface area contributed by atoms with Gasteiger partial charge in [-0.15, -0.1) is 0 Å². The van der Waals surface area contributed by atoms with Crippen molar-refractivity contribution < 1.29 is 9.47 Å². The molecule has 0 aliphatic carbocycles. The maximum absolute atomic E-state index is 5.85. The number of rotatable bonds is 11. The first-order valence-electron chi connectivity index (χ1n) is 8.86. The molecule has 126 valence electrons. The first-order valence-corrected chi connectivity index (χ1v) is 10.6. The molecule has 5 heteroatoms. The van der Waals surface area contributed by atoms with E-state index in [0.29, 0.717) is 6.17 Å². The zero-order valence-electron chi connectivity index (χ0n) is 14.9. The Morgan fingerprint density at radius 2 is 1.52 bits per heavy atom. The lowest BCUT2D eigenvalue weighted by Crippen LogP contribution is -2.40. The monoisotopic (exact) mass is 316 g/mol. The van der Waals surface area contributed by atoms with Crippen LogP contribution in [0.2, 0.25) is 6.04 Å². The first kappa shape index (κ1) is 19.1. The molecule has 0 unspecified atom stereocenters. The molecule has 0 radical (unpaired) electrons. The average Bonchev–Trinajstić information content (AvgIpc) is 2.86. The molecule has 21 heavy (non-hydrogen) atoms. The van der Waals surface area contributed by atoms with Gasteiger partial charge in [-0.25, -0.2) is 0 Å². The van der Waals surface area contributed by atoms with Gasteiger partial charge in [0.05, 0.1) is 15.7 Å². The van der Waals surface area contributed by atoms with Crippen molar-refractivity contribution in [3.05, 3.63) is 0 Å². The summed E-state index contributed by atoms with van der Waals surface area (Å²) in [6.07, 6.45) is 3.27. The van der Waals surface area contributed by atoms with Crippen molar-refractivity contribution >= 4 is 9.52 Å². The van der Waals surface area contributed by atoms with Crippen molar-refractivity contribution in [2.45, 2.75) is 65.1 Å². The molecule has 0 bridgehead atoms. The summed E-state index contributed by atoms with van der Waals surface area (Å²) in [5.74, 6) is 0. The highest BCUT2D eigenvalue weighted by molar-refractivity contribution is 6.38. The SMILES string of the molecule is CCOC(C)(OCC)[SiH2]CCCC1N(CC)CCN1CC. The molecule has 1 fully saturated rings. The maximum Gasteiger partial charge on any atom is 0.142 e. The Hall–Kier alpha value is 0.0569. The second-order valence-electron chi connectivity index (χ2n) is 5.98. The van der Waals surface area contributed by atoms with Gasteiger partial charge in [-0.3, -0.25) is 9.80 Å². The normalized spacial score (nSPS) is 19.3. The van der Waals surface area contributed by atoms with E-state index in [1.165, 1.54) is 45.1 Å². The lowest BCUT2D eigenvalue weighted by Gasteiger charge is -2.31. The Labute approximate surface area is 134 Å². The van der Waals surface area contributed by atoms with Crippen molar-refractivity contribution in [1.82, 2.24) is 9.80 Å². The molecule has 0 N–H and O–H groups in total. The topological polar surface area (TPSA) is 24.9 Å². The van der Waals surface area contributed by atoms with Crippen LogP contribution in [0, 0.1) is 0 Å². The maximum atomic E-state index is 5.85. The molecule has 4 nitrogen and oxygen atoms in total. The highest BCUT2D eigenvalue weighted by Gasteiger charge is 2.30. The van der Waals surface area contributed by atoms with Crippen LogP contribution in [-0.4, -0.2) is 70.3 Å². The minimum Gasteiger partial charge on any atom is -0.355 e. The molecule has 0 aromatic rings. The van der Waals surface area contributed by atoms with Crippen molar-refractivity contribution in [2.24, 2.45) is 0 Å². The van der Waals surface area contributed by atoms with Crippen molar-refractivity contribution in [3.8, 4) is 0 Å². The number of nitrogens with zero attached hydrogens (tertiary/aromatic N) is 2. The Balaban J connectivity index is 2.34. The number of ether oxygens (including phenoxy) is 2. The molecule has 0 aromatic carbocycles. The molecule has 1 rings (SSSR count). The van der Waals surface area contributed by atoms with Crippen LogP contribution in [0.4, 0.5) is 0 Å². The van der Waals surface area contributed by atoms with Gasteiger partial charge in [0.25, 0.3) is 0 Å². The van der Waals surface area contributed by atoms with E-state index in [1.807, 2.05) is 0 Å². The van der Waals surface area contributed by atoms with Crippen molar-refractivity contribution in [1.29, 1.82) is 0 Å². The summed E-state index contributed by atoms with van der Waals surface area (Å²) in [6, 6.07) is 1.31. The Morgan fingerprint density at radius 1 is 1.00 bits per heavy atom. The van der Waals surface area contributed by atoms with Crippen LogP contribution in [0.3, 0.4) is 0 Å². The molecule has 0 spiro atoms. The Kier molecular flexibility index (Phi) is 9.05. The third-order valence-electron chi connectivity index (χ3n) is 4.57. The fourth-order valence-corrected chi connectivity index (χ4v) is 5.34. The van der Waals surface area contributed by atoms with Crippen LogP contribution in [0.5, 0.6) is 0 Å². The third kappa shape index (κ3) is 5.98. The van der Waals surface area contributed by atoms with Crippen LogP contribution in [0.25, 0.3) is 0 Å². The van der Waals surface area contributed by atoms with Gasteiger partial charge < -0.3 is 9.47 Å². The Morgan fingerprint density at radius 3 is 1.95 bits per heavy atom. The zero-order valence-corrected chi connectivity index (χ0v) is 16.3. The van der Waals surface area contributed by atoms with Gasteiger partial charge in [-0.1, -0.05) is 26.3 Å². The second kappa shape index (κ2) is 9.95. The minimum atomic E-state index is -0.359. The van der Waals surface area contributed by atoms with E-state index < -0.39 is 0 Å². The lowest BCUT2D eigenvalue weighted by molar-refractivity contribution is -0.163. The highest BCUT2D eigenvalue weighted by Crippen LogP contribution is 2.21. The summed E-state index contributed by atoms with van der Waals surface area (Å²) < 4.78 is 11.7. The molecular formula is C16H36N2O2Si. The van der Waals surface area contributed by atoms with E-state index in [0.717, 1.165) is 13.2 Å². The zero-order chi connectivity index (χ0) is 15.7. The summed E-state index contributed by atoms with van der Waals surface area (Å²) >= 11 is 0. The van der Waals surface area contributed by atoms with Gasteiger partial charge in [0.1, 0.15) is 5.41 Å².